The zero-order valence-electron chi connectivity index (χ0n) is 35.2. The molecular weight excluding hydrogens is 713 g/mol. The average Bonchev–Trinajstić information content (AvgIpc) is 3.24. The Balaban J connectivity index is 1.35. The minimum atomic E-state index is 0.0492. The van der Waals surface area contributed by atoms with Crippen molar-refractivity contribution in [3.63, 3.8) is 0 Å². The fourth-order valence-corrected chi connectivity index (χ4v) is 10.3. The van der Waals surface area contributed by atoms with Crippen molar-refractivity contribution < 1.29 is 10.2 Å². The van der Waals surface area contributed by atoms with Gasteiger partial charge in [-0.25, -0.2) is 0 Å². The lowest BCUT2D eigenvalue weighted by Gasteiger charge is -2.29. The Labute approximate surface area is 347 Å². The van der Waals surface area contributed by atoms with Crippen LogP contribution in [-0.2, 0) is 0 Å². The third-order valence-corrected chi connectivity index (χ3v) is 13.7. The molecule has 6 unspecified atom stereocenters. The van der Waals surface area contributed by atoms with Gasteiger partial charge in [-0.15, -0.1) is 0 Å². The number of rotatable bonds is 16. The molecule has 0 aliphatic heterocycles. The third kappa shape index (κ3) is 9.70. The highest BCUT2D eigenvalue weighted by Crippen LogP contribution is 2.45. The van der Waals surface area contributed by atoms with Gasteiger partial charge in [-0.05, 0) is 57.1 Å². The second-order valence-electron chi connectivity index (χ2n) is 16.9. The zero-order valence-corrected chi connectivity index (χ0v) is 36.0. The van der Waals surface area contributed by atoms with Gasteiger partial charge in [0.05, 0.1) is 0 Å². The van der Waals surface area contributed by atoms with Gasteiger partial charge in [-0.2, -0.15) is 11.8 Å². The summed E-state index contributed by atoms with van der Waals surface area (Å²) < 4.78 is 0. The van der Waals surface area contributed by atoms with Crippen molar-refractivity contribution in [3.8, 4) is 11.5 Å². The van der Waals surface area contributed by atoms with Gasteiger partial charge in [-0.1, -0.05) is 201 Å². The van der Waals surface area contributed by atoms with Crippen molar-refractivity contribution in [1.29, 1.82) is 0 Å². The summed E-state index contributed by atoms with van der Waals surface area (Å²) in [5, 5.41) is 24.0. The van der Waals surface area contributed by atoms with Crippen molar-refractivity contribution in [2.45, 2.75) is 90.9 Å². The van der Waals surface area contributed by atoms with Crippen LogP contribution in [0.25, 0.3) is 0 Å². The molecule has 0 bridgehead atoms. The highest BCUT2D eigenvalue weighted by molar-refractivity contribution is 7.99. The predicted molar refractivity (Wildman–Crippen MR) is 245 cm³/mol. The van der Waals surface area contributed by atoms with E-state index in [0.29, 0.717) is 35.2 Å². The summed E-state index contributed by atoms with van der Waals surface area (Å²) in [5.74, 6) is 4.38. The highest BCUT2D eigenvalue weighted by atomic mass is 32.2. The summed E-state index contributed by atoms with van der Waals surface area (Å²) in [7, 11) is 0. The Kier molecular flexibility index (Phi) is 14.1. The Bertz CT molecular complexity index is 1870. The van der Waals surface area contributed by atoms with E-state index in [1.807, 2.05) is 11.8 Å². The Morgan fingerprint density at radius 2 is 0.579 bits per heavy atom. The van der Waals surface area contributed by atoms with Crippen molar-refractivity contribution >= 4 is 11.8 Å². The van der Waals surface area contributed by atoms with E-state index in [1.165, 1.54) is 33.4 Å². The van der Waals surface area contributed by atoms with Gasteiger partial charge in [0.1, 0.15) is 11.5 Å². The monoisotopic (exact) mass is 774 g/mol. The molecule has 0 heterocycles. The standard InChI is InChI=1S/C54H62O2S/c1-35(2)51(45-29-47(37(5)41-21-13-9-14-22-41)53(55)48(30-45)38(6)42-23-15-10-16-24-42)33-57-34-52(36(3)4)46-31-49(39(7)43-25-17-11-18-26-43)54(56)50(32-46)40(8)44-27-19-12-20-28-44/h9-32,35-40,51-52,55-56H,33-34H2,1-8H3. The number of benzene rings is 6. The zero-order chi connectivity index (χ0) is 40.6. The molecule has 6 aromatic rings. The molecule has 296 valence electrons. The first-order valence-corrected chi connectivity index (χ1v) is 22.1. The van der Waals surface area contributed by atoms with Crippen LogP contribution < -0.4 is 0 Å². The lowest BCUT2D eigenvalue weighted by Crippen LogP contribution is -2.16. The van der Waals surface area contributed by atoms with Crippen LogP contribution in [0.4, 0.5) is 0 Å². The van der Waals surface area contributed by atoms with E-state index in [0.717, 1.165) is 33.8 Å². The van der Waals surface area contributed by atoms with Crippen LogP contribution in [-0.4, -0.2) is 21.7 Å². The fraction of sp³-hybridized carbons (Fsp3) is 0.333. The maximum absolute atomic E-state index is 12.0. The van der Waals surface area contributed by atoms with E-state index in [9.17, 15) is 10.2 Å². The molecule has 0 aliphatic rings. The van der Waals surface area contributed by atoms with Gasteiger partial charge in [0, 0.05) is 57.4 Å². The first kappa shape index (κ1) is 41.9. The third-order valence-electron chi connectivity index (χ3n) is 12.5. The first-order chi connectivity index (χ1) is 27.5. The van der Waals surface area contributed by atoms with Gasteiger partial charge in [0.25, 0.3) is 0 Å². The number of aromatic hydroxyl groups is 2. The molecule has 0 aromatic heterocycles. The maximum Gasteiger partial charge on any atom is 0.123 e. The topological polar surface area (TPSA) is 40.5 Å². The van der Waals surface area contributed by atoms with Crippen LogP contribution in [0, 0.1) is 11.8 Å². The summed E-state index contributed by atoms with van der Waals surface area (Å²) >= 11 is 2.04. The number of phenolic OH excluding ortho intramolecular Hbond substituents is 2. The number of thioether (sulfide) groups is 1. The minimum Gasteiger partial charge on any atom is -0.507 e. The van der Waals surface area contributed by atoms with Crippen LogP contribution >= 0.6 is 11.8 Å². The van der Waals surface area contributed by atoms with Gasteiger partial charge < -0.3 is 10.2 Å². The molecule has 0 aliphatic carbocycles. The molecule has 57 heavy (non-hydrogen) atoms. The molecule has 6 atom stereocenters. The molecule has 0 spiro atoms. The quantitative estimate of drug-likeness (QED) is 0.103. The summed E-state index contributed by atoms with van der Waals surface area (Å²) in [6.07, 6.45) is 0. The summed E-state index contributed by atoms with van der Waals surface area (Å²) in [6, 6.07) is 51.4. The SMILES string of the molecule is CC(c1ccccc1)c1cc(C(CSCC(c2cc(C(C)c3ccccc3)c(O)c(C(C)c3ccccc3)c2)C(C)C)C(C)C)cc(C(C)c2ccccc2)c1O. The summed E-state index contributed by atoms with van der Waals surface area (Å²) in [4.78, 5) is 0. The highest BCUT2D eigenvalue weighted by Gasteiger charge is 2.28. The lowest BCUT2D eigenvalue weighted by molar-refractivity contribution is 0.454. The number of hydrogen-bond donors (Lipinski definition) is 2. The van der Waals surface area contributed by atoms with Gasteiger partial charge >= 0.3 is 0 Å². The van der Waals surface area contributed by atoms with Crippen molar-refractivity contribution in [2.75, 3.05) is 11.5 Å². The number of phenols is 2. The Morgan fingerprint density at radius 1 is 0.351 bits per heavy atom. The van der Waals surface area contributed by atoms with Gasteiger partial charge in [0.15, 0.2) is 0 Å². The largest absolute Gasteiger partial charge is 0.507 e. The molecule has 0 amide bonds. The second-order valence-corrected chi connectivity index (χ2v) is 17.9. The molecule has 2 N–H and O–H groups in total. The summed E-state index contributed by atoms with van der Waals surface area (Å²) in [6.45, 7) is 18.2. The van der Waals surface area contributed by atoms with E-state index in [2.05, 4.69) is 201 Å². The molecule has 0 fully saturated rings. The first-order valence-electron chi connectivity index (χ1n) is 21.0. The molecular formula is C54H62O2S. The van der Waals surface area contributed by atoms with Crippen LogP contribution in [0.2, 0.25) is 0 Å². The fourth-order valence-electron chi connectivity index (χ4n) is 8.51. The predicted octanol–water partition coefficient (Wildman–Crippen LogP) is 14.6. The lowest BCUT2D eigenvalue weighted by atomic mass is 9.80. The molecule has 3 heteroatoms. The van der Waals surface area contributed by atoms with Crippen molar-refractivity contribution in [2.24, 2.45) is 11.8 Å². The molecule has 6 rings (SSSR count). The second kappa shape index (κ2) is 19.1. The van der Waals surface area contributed by atoms with E-state index in [4.69, 9.17) is 0 Å². The van der Waals surface area contributed by atoms with Crippen LogP contribution in [0.3, 0.4) is 0 Å². The normalized spacial score (nSPS) is 14.9. The van der Waals surface area contributed by atoms with Crippen LogP contribution in [0.1, 0.15) is 147 Å². The molecule has 0 saturated heterocycles. The Morgan fingerprint density at radius 3 is 0.789 bits per heavy atom. The smallest absolute Gasteiger partial charge is 0.123 e. The molecule has 2 nitrogen and oxygen atoms in total. The van der Waals surface area contributed by atoms with E-state index >= 15 is 0 Å². The van der Waals surface area contributed by atoms with E-state index < -0.39 is 0 Å². The number of hydrogen-bond acceptors (Lipinski definition) is 3. The Hall–Kier alpha value is -4.73. The van der Waals surface area contributed by atoms with E-state index in [-0.39, 0.29) is 23.7 Å². The van der Waals surface area contributed by atoms with Gasteiger partial charge in [-0.3, -0.25) is 0 Å². The van der Waals surface area contributed by atoms with E-state index in [1.54, 1.807) is 0 Å². The molecule has 0 saturated carbocycles. The van der Waals surface area contributed by atoms with Crippen molar-refractivity contribution in [1.82, 2.24) is 0 Å². The van der Waals surface area contributed by atoms with Crippen LogP contribution in [0.15, 0.2) is 146 Å². The maximum atomic E-state index is 12.0. The minimum absolute atomic E-state index is 0.0492. The van der Waals surface area contributed by atoms with Crippen molar-refractivity contribution in [3.05, 3.63) is 201 Å². The van der Waals surface area contributed by atoms with Crippen LogP contribution in [0.5, 0.6) is 11.5 Å². The average molecular weight is 775 g/mol. The van der Waals surface area contributed by atoms with Gasteiger partial charge in [0.2, 0.25) is 0 Å². The summed E-state index contributed by atoms with van der Waals surface area (Å²) in [5.41, 5.74) is 11.4. The molecule has 0 radical (unpaired) electrons. The molecule has 6 aromatic carbocycles.